The maximum absolute atomic E-state index is 13.3. The van der Waals surface area contributed by atoms with Gasteiger partial charge in [0.25, 0.3) is 5.91 Å². The Kier molecular flexibility index (Phi) is 7.61. The summed E-state index contributed by atoms with van der Waals surface area (Å²) in [4.78, 5) is 76.7. The van der Waals surface area contributed by atoms with E-state index in [2.05, 4.69) is 15.7 Å². The fourth-order valence-corrected chi connectivity index (χ4v) is 3.71. The predicted octanol–water partition coefficient (Wildman–Crippen LogP) is -0.289. The molecule has 0 saturated carbocycles. The Morgan fingerprint density at radius 3 is 2.71 bits per heavy atom. The number of aldehydes is 1. The molecule has 2 fully saturated rings. The number of carboxylic acids is 1. The Labute approximate surface area is 196 Å². The molecule has 15 heteroatoms. The van der Waals surface area contributed by atoms with Crippen molar-refractivity contribution in [3.63, 3.8) is 0 Å². The van der Waals surface area contributed by atoms with E-state index in [4.69, 9.17) is 16.7 Å². The number of nitrogens with zero attached hydrogens (tertiary/aromatic N) is 4. The lowest BCUT2D eigenvalue weighted by atomic mass is 10.1. The Balaban J connectivity index is 1.82. The van der Waals surface area contributed by atoms with Crippen LogP contribution in [0.15, 0.2) is 12.3 Å². The number of amides is 5. The lowest BCUT2D eigenvalue weighted by molar-refractivity contribution is -0.155. The van der Waals surface area contributed by atoms with Gasteiger partial charge in [0.05, 0.1) is 29.6 Å². The van der Waals surface area contributed by atoms with Gasteiger partial charge in [0.1, 0.15) is 12.3 Å². The fourth-order valence-electron chi connectivity index (χ4n) is 3.55. The summed E-state index contributed by atoms with van der Waals surface area (Å²) in [7, 11) is 0. The van der Waals surface area contributed by atoms with Gasteiger partial charge in [-0.1, -0.05) is 11.6 Å². The highest BCUT2D eigenvalue weighted by Gasteiger charge is 2.44. The molecular formula is C19H20ClFN6O7. The van der Waals surface area contributed by atoms with Gasteiger partial charge in [0, 0.05) is 19.2 Å². The number of pyridine rings is 1. The molecule has 1 aromatic heterocycles. The molecule has 2 aliphatic rings. The standard InChI is InChI=1S/C19H20ClFN6O7/c20-12-6-10(8-22-16(12)21)17(32)24-25-5-3-14(29)26-4-1-2-13(27(26)19(25)34)18(33)23-11(9-28)7-15(30)31/h6,8-9,11,13H,1-5,7H2,(H,23,33)(H,24,32)(H,30,31)/t11-,13-/m0/s1. The number of carbonyl (C=O) groups is 6. The lowest BCUT2D eigenvalue weighted by Crippen LogP contribution is -2.64. The third-order valence-corrected chi connectivity index (χ3v) is 5.42. The molecule has 2 aliphatic heterocycles. The number of aliphatic carboxylic acids is 1. The van der Waals surface area contributed by atoms with E-state index in [1.54, 1.807) is 0 Å². The number of rotatable bonds is 7. The number of nitrogens with one attached hydrogen (secondary N) is 2. The molecule has 0 unspecified atom stereocenters. The van der Waals surface area contributed by atoms with Crippen LogP contribution in [-0.4, -0.2) is 86.3 Å². The van der Waals surface area contributed by atoms with E-state index in [-0.39, 0.29) is 37.8 Å². The average Bonchev–Trinajstić information content (AvgIpc) is 2.92. The third kappa shape index (κ3) is 5.39. The van der Waals surface area contributed by atoms with Crippen molar-refractivity contribution in [3.05, 3.63) is 28.8 Å². The van der Waals surface area contributed by atoms with Crippen LogP contribution in [0, 0.1) is 5.95 Å². The van der Waals surface area contributed by atoms with Gasteiger partial charge in [-0.05, 0) is 18.9 Å². The minimum absolute atomic E-state index is 0.124. The summed E-state index contributed by atoms with van der Waals surface area (Å²) in [5.74, 6) is -4.46. The van der Waals surface area contributed by atoms with Crippen molar-refractivity contribution in [2.24, 2.45) is 0 Å². The maximum atomic E-state index is 13.3. The van der Waals surface area contributed by atoms with Crippen LogP contribution in [0.5, 0.6) is 0 Å². The highest BCUT2D eigenvalue weighted by molar-refractivity contribution is 6.31. The van der Waals surface area contributed by atoms with E-state index in [0.717, 1.165) is 27.3 Å². The summed E-state index contributed by atoms with van der Waals surface area (Å²) in [5.41, 5.74) is 2.15. The second-order valence-electron chi connectivity index (χ2n) is 7.49. The first kappa shape index (κ1) is 24.8. The smallest absolute Gasteiger partial charge is 0.358 e. The number of urea groups is 1. The Morgan fingerprint density at radius 2 is 2.06 bits per heavy atom. The van der Waals surface area contributed by atoms with Gasteiger partial charge in [-0.15, -0.1) is 0 Å². The SMILES string of the molecule is O=C[C@H](CC(=O)O)NC(=O)[C@@H]1CCCN2C(=O)CCN(NC(=O)c3cnc(F)c(Cl)c3)C(=O)N12. The number of hydrogen-bond donors (Lipinski definition) is 3. The van der Waals surface area contributed by atoms with Crippen LogP contribution in [0.3, 0.4) is 0 Å². The van der Waals surface area contributed by atoms with Crippen molar-refractivity contribution in [3.8, 4) is 0 Å². The molecule has 0 radical (unpaired) electrons. The van der Waals surface area contributed by atoms with E-state index in [9.17, 15) is 33.2 Å². The highest BCUT2D eigenvalue weighted by Crippen LogP contribution is 2.24. The first-order valence-corrected chi connectivity index (χ1v) is 10.5. The third-order valence-electron chi connectivity index (χ3n) is 5.15. The molecule has 34 heavy (non-hydrogen) atoms. The van der Waals surface area contributed by atoms with Crippen LogP contribution in [0.2, 0.25) is 5.02 Å². The molecule has 5 amide bonds. The second kappa shape index (κ2) is 10.4. The molecule has 3 heterocycles. The summed E-state index contributed by atoms with van der Waals surface area (Å²) >= 11 is 5.64. The number of aromatic nitrogens is 1. The quantitative estimate of drug-likeness (QED) is 0.340. The van der Waals surface area contributed by atoms with Gasteiger partial charge in [0.2, 0.25) is 17.8 Å². The summed E-state index contributed by atoms with van der Waals surface area (Å²) < 4.78 is 13.3. The van der Waals surface area contributed by atoms with Crippen molar-refractivity contribution in [2.45, 2.75) is 37.8 Å². The van der Waals surface area contributed by atoms with Crippen molar-refractivity contribution in [1.29, 1.82) is 0 Å². The minimum Gasteiger partial charge on any atom is -0.481 e. The largest absolute Gasteiger partial charge is 0.481 e. The first-order valence-electron chi connectivity index (χ1n) is 10.1. The summed E-state index contributed by atoms with van der Waals surface area (Å²) in [6.45, 7) is -0.0804. The molecule has 3 N–H and O–H groups in total. The van der Waals surface area contributed by atoms with E-state index in [1.807, 2.05) is 0 Å². The molecule has 13 nitrogen and oxygen atoms in total. The lowest BCUT2D eigenvalue weighted by Gasteiger charge is -2.42. The number of carbonyl (C=O) groups excluding carboxylic acids is 5. The zero-order valence-corrected chi connectivity index (χ0v) is 18.3. The summed E-state index contributed by atoms with van der Waals surface area (Å²) in [5, 5.41) is 13.5. The van der Waals surface area contributed by atoms with Crippen molar-refractivity contribution < 1.29 is 38.3 Å². The molecule has 3 rings (SSSR count). The van der Waals surface area contributed by atoms with Gasteiger partial charge in [0.15, 0.2) is 0 Å². The van der Waals surface area contributed by atoms with Gasteiger partial charge >= 0.3 is 12.0 Å². The van der Waals surface area contributed by atoms with Crippen LogP contribution in [0.4, 0.5) is 9.18 Å². The first-order chi connectivity index (χ1) is 16.1. The maximum Gasteiger partial charge on any atom is 0.358 e. The van der Waals surface area contributed by atoms with E-state index in [1.165, 1.54) is 0 Å². The van der Waals surface area contributed by atoms with E-state index < -0.39 is 59.2 Å². The van der Waals surface area contributed by atoms with Gasteiger partial charge < -0.3 is 15.2 Å². The molecule has 0 bridgehead atoms. The monoisotopic (exact) mass is 498 g/mol. The van der Waals surface area contributed by atoms with Crippen LogP contribution in [-0.2, 0) is 19.2 Å². The normalized spacial score (nSPS) is 19.1. The number of halogens is 2. The summed E-state index contributed by atoms with van der Waals surface area (Å²) in [6.07, 6.45) is 0.833. The molecule has 0 aliphatic carbocycles. The number of hydrogen-bond acceptors (Lipinski definition) is 7. The van der Waals surface area contributed by atoms with Crippen LogP contribution < -0.4 is 10.7 Å². The Morgan fingerprint density at radius 1 is 1.32 bits per heavy atom. The number of fused-ring (bicyclic) bond motifs is 1. The number of hydrazine groups is 2. The van der Waals surface area contributed by atoms with Gasteiger partial charge in [-0.2, -0.15) is 4.39 Å². The molecule has 0 aromatic carbocycles. The fraction of sp³-hybridized carbons (Fsp3) is 0.421. The molecule has 182 valence electrons. The minimum atomic E-state index is -1.33. The van der Waals surface area contributed by atoms with Crippen molar-refractivity contribution in [2.75, 3.05) is 13.1 Å². The molecular weight excluding hydrogens is 479 g/mol. The van der Waals surface area contributed by atoms with E-state index in [0.29, 0.717) is 6.42 Å². The summed E-state index contributed by atoms with van der Waals surface area (Å²) in [6, 6.07) is -2.45. The molecule has 2 atom stereocenters. The molecule has 1 aromatic rings. The highest BCUT2D eigenvalue weighted by atomic mass is 35.5. The average molecular weight is 499 g/mol. The van der Waals surface area contributed by atoms with Gasteiger partial charge in [-0.3, -0.25) is 24.6 Å². The molecule has 0 spiro atoms. The Bertz CT molecular complexity index is 1040. The van der Waals surface area contributed by atoms with Crippen LogP contribution >= 0.6 is 11.6 Å². The zero-order valence-electron chi connectivity index (χ0n) is 17.6. The van der Waals surface area contributed by atoms with Crippen molar-refractivity contribution in [1.82, 2.24) is 30.8 Å². The molecule has 2 saturated heterocycles. The number of carboxylic acid groups (broad SMARTS) is 1. The van der Waals surface area contributed by atoms with Crippen molar-refractivity contribution >= 4 is 47.6 Å². The predicted molar refractivity (Wildman–Crippen MR) is 110 cm³/mol. The Hall–Kier alpha value is -3.81. The zero-order chi connectivity index (χ0) is 25.0. The van der Waals surface area contributed by atoms with Crippen LogP contribution in [0.1, 0.15) is 36.0 Å². The van der Waals surface area contributed by atoms with E-state index >= 15 is 0 Å². The second-order valence-corrected chi connectivity index (χ2v) is 7.90. The van der Waals surface area contributed by atoms with Gasteiger partial charge in [-0.25, -0.2) is 24.8 Å². The topological polar surface area (TPSA) is 169 Å². The van der Waals surface area contributed by atoms with Crippen LogP contribution in [0.25, 0.3) is 0 Å².